The van der Waals surface area contributed by atoms with Crippen molar-refractivity contribution in [2.45, 2.75) is 59.8 Å². The zero-order chi connectivity index (χ0) is 18.6. The second kappa shape index (κ2) is 8.33. The number of carboxylic acid groups (broad SMARTS) is 1. The minimum atomic E-state index is -0.694. The Labute approximate surface area is 151 Å². The van der Waals surface area contributed by atoms with E-state index in [0.717, 1.165) is 12.0 Å². The van der Waals surface area contributed by atoms with Crippen LogP contribution >= 0.6 is 0 Å². The Morgan fingerprint density at radius 3 is 2.04 bits per heavy atom. The molecule has 1 N–H and O–H groups in total. The maximum Gasteiger partial charge on any atom is 0.306 e. The summed E-state index contributed by atoms with van der Waals surface area (Å²) < 4.78 is 0. The molecule has 2 aromatic rings. The number of aliphatic carboxylic acids is 1. The highest BCUT2D eigenvalue weighted by atomic mass is 16.4. The molecule has 0 bridgehead atoms. The summed E-state index contributed by atoms with van der Waals surface area (Å²) in [6.45, 7) is 10.5. The Hall–Kier alpha value is -2.09. The van der Waals surface area contributed by atoms with Crippen molar-refractivity contribution in [1.29, 1.82) is 0 Å². The van der Waals surface area contributed by atoms with Crippen LogP contribution in [0, 0.1) is 33.6 Å². The Bertz CT molecular complexity index is 746. The number of rotatable bonds is 7. The quantitative estimate of drug-likeness (QED) is 0.698. The van der Waals surface area contributed by atoms with Gasteiger partial charge in [-0.15, -0.1) is 0 Å². The van der Waals surface area contributed by atoms with Gasteiger partial charge in [0.05, 0.1) is 5.92 Å². The van der Waals surface area contributed by atoms with E-state index >= 15 is 0 Å². The molecule has 2 nitrogen and oxygen atoms in total. The Morgan fingerprint density at radius 1 is 0.920 bits per heavy atom. The lowest BCUT2D eigenvalue weighted by atomic mass is 9.83. The zero-order valence-electron chi connectivity index (χ0n) is 16.1. The van der Waals surface area contributed by atoms with Gasteiger partial charge >= 0.3 is 5.97 Å². The first-order valence-corrected chi connectivity index (χ1v) is 9.17. The van der Waals surface area contributed by atoms with Gasteiger partial charge in [-0.3, -0.25) is 4.79 Å². The van der Waals surface area contributed by atoms with Crippen LogP contribution in [0.1, 0.15) is 59.1 Å². The molecule has 0 fully saturated rings. The highest BCUT2D eigenvalue weighted by molar-refractivity contribution is 5.70. The van der Waals surface area contributed by atoms with Crippen LogP contribution in [0.4, 0.5) is 0 Å². The van der Waals surface area contributed by atoms with Crippen molar-refractivity contribution in [2.24, 2.45) is 5.92 Å². The van der Waals surface area contributed by atoms with E-state index in [1.807, 2.05) is 0 Å². The van der Waals surface area contributed by atoms with Crippen LogP contribution in [0.25, 0.3) is 0 Å². The minimum Gasteiger partial charge on any atom is -0.481 e. The lowest BCUT2D eigenvalue weighted by Gasteiger charge is -2.21. The molecule has 134 valence electrons. The molecule has 0 heterocycles. The van der Waals surface area contributed by atoms with E-state index in [-0.39, 0.29) is 11.8 Å². The number of hydrogen-bond donors (Lipinski definition) is 1. The largest absolute Gasteiger partial charge is 0.481 e. The van der Waals surface area contributed by atoms with Gasteiger partial charge in [0.1, 0.15) is 0 Å². The Balaban J connectivity index is 2.19. The molecular weight excluding hydrogens is 308 g/mol. The van der Waals surface area contributed by atoms with Crippen LogP contribution in [-0.4, -0.2) is 11.1 Å². The monoisotopic (exact) mass is 338 g/mol. The van der Waals surface area contributed by atoms with Crippen molar-refractivity contribution in [3.05, 3.63) is 69.8 Å². The van der Waals surface area contributed by atoms with Gasteiger partial charge in [-0.05, 0) is 86.3 Å². The second-order valence-electron chi connectivity index (χ2n) is 7.34. The van der Waals surface area contributed by atoms with Crippen LogP contribution in [0.2, 0.25) is 0 Å². The number of carbonyl (C=O) groups is 1. The SMILES string of the molecule is CCC(CC(Cc1ccc(C)c(C)c1)C(=O)O)c1ccc(C)c(C)c1. The van der Waals surface area contributed by atoms with Gasteiger partial charge in [0.15, 0.2) is 0 Å². The topological polar surface area (TPSA) is 37.3 Å². The lowest BCUT2D eigenvalue weighted by molar-refractivity contribution is -0.142. The Morgan fingerprint density at radius 2 is 1.52 bits per heavy atom. The van der Waals surface area contributed by atoms with E-state index in [4.69, 9.17) is 0 Å². The maximum absolute atomic E-state index is 11.9. The number of carboxylic acids is 1. The van der Waals surface area contributed by atoms with Crippen molar-refractivity contribution >= 4 is 5.97 Å². The van der Waals surface area contributed by atoms with E-state index in [1.165, 1.54) is 27.8 Å². The Kier molecular flexibility index (Phi) is 6.41. The van der Waals surface area contributed by atoms with Crippen LogP contribution in [0.5, 0.6) is 0 Å². The van der Waals surface area contributed by atoms with Crippen LogP contribution in [-0.2, 0) is 11.2 Å². The zero-order valence-corrected chi connectivity index (χ0v) is 16.1. The van der Waals surface area contributed by atoms with E-state index in [2.05, 4.69) is 71.0 Å². The summed E-state index contributed by atoms with van der Waals surface area (Å²) in [5.41, 5.74) is 7.41. The van der Waals surface area contributed by atoms with Gasteiger partial charge in [-0.25, -0.2) is 0 Å². The summed E-state index contributed by atoms with van der Waals surface area (Å²) in [7, 11) is 0. The molecule has 0 aromatic heterocycles. The van der Waals surface area contributed by atoms with Gasteiger partial charge in [-0.1, -0.05) is 43.3 Å². The summed E-state index contributed by atoms with van der Waals surface area (Å²) in [6, 6.07) is 12.8. The molecule has 0 saturated heterocycles. The van der Waals surface area contributed by atoms with Gasteiger partial charge in [0.25, 0.3) is 0 Å². The third-order valence-corrected chi connectivity index (χ3v) is 5.47. The fourth-order valence-corrected chi connectivity index (χ4v) is 3.39. The average molecular weight is 338 g/mol. The summed E-state index contributed by atoms with van der Waals surface area (Å²) in [4.78, 5) is 11.9. The number of benzene rings is 2. The van der Waals surface area contributed by atoms with Crippen LogP contribution in [0.15, 0.2) is 36.4 Å². The molecule has 2 heteroatoms. The number of aryl methyl sites for hydroxylation is 4. The molecule has 2 atom stereocenters. The molecule has 2 aromatic carbocycles. The van der Waals surface area contributed by atoms with E-state index in [9.17, 15) is 9.90 Å². The van der Waals surface area contributed by atoms with Crippen molar-refractivity contribution < 1.29 is 9.90 Å². The average Bonchev–Trinajstić information content (AvgIpc) is 2.57. The maximum atomic E-state index is 11.9. The fraction of sp³-hybridized carbons (Fsp3) is 0.435. The smallest absolute Gasteiger partial charge is 0.306 e. The van der Waals surface area contributed by atoms with Gasteiger partial charge < -0.3 is 5.11 Å². The predicted molar refractivity (Wildman–Crippen MR) is 104 cm³/mol. The molecule has 0 aliphatic rings. The third-order valence-electron chi connectivity index (χ3n) is 5.47. The summed E-state index contributed by atoms with van der Waals surface area (Å²) in [5.74, 6) is -0.763. The van der Waals surface area contributed by atoms with E-state index < -0.39 is 5.97 Å². The van der Waals surface area contributed by atoms with E-state index in [1.54, 1.807) is 0 Å². The molecule has 0 spiro atoms. The number of hydrogen-bond acceptors (Lipinski definition) is 1. The second-order valence-corrected chi connectivity index (χ2v) is 7.34. The third kappa shape index (κ3) is 4.94. The van der Waals surface area contributed by atoms with Gasteiger partial charge in [-0.2, -0.15) is 0 Å². The normalized spacial score (nSPS) is 13.5. The molecule has 0 saturated carbocycles. The molecular formula is C23H30O2. The molecule has 0 amide bonds. The minimum absolute atomic E-state index is 0.284. The lowest BCUT2D eigenvalue weighted by Crippen LogP contribution is -2.19. The highest BCUT2D eigenvalue weighted by Gasteiger charge is 2.23. The molecule has 0 radical (unpaired) electrons. The van der Waals surface area contributed by atoms with Crippen molar-refractivity contribution in [1.82, 2.24) is 0 Å². The predicted octanol–water partition coefficient (Wildman–Crippen LogP) is 5.75. The molecule has 0 aliphatic heterocycles. The first kappa shape index (κ1) is 19.2. The summed E-state index contributed by atoms with van der Waals surface area (Å²) in [5, 5.41) is 9.75. The molecule has 2 unspecified atom stereocenters. The summed E-state index contributed by atoms with van der Waals surface area (Å²) in [6.07, 6.45) is 2.23. The van der Waals surface area contributed by atoms with Crippen molar-refractivity contribution in [2.75, 3.05) is 0 Å². The first-order valence-electron chi connectivity index (χ1n) is 9.17. The molecule has 0 aliphatic carbocycles. The molecule has 2 rings (SSSR count). The van der Waals surface area contributed by atoms with Gasteiger partial charge in [0.2, 0.25) is 0 Å². The van der Waals surface area contributed by atoms with E-state index in [0.29, 0.717) is 12.8 Å². The van der Waals surface area contributed by atoms with Crippen LogP contribution in [0.3, 0.4) is 0 Å². The summed E-state index contributed by atoms with van der Waals surface area (Å²) >= 11 is 0. The standard InChI is InChI=1S/C23H30O2/c1-6-20(21-10-8-16(3)18(5)12-21)14-22(23(24)25)13-19-9-7-15(2)17(4)11-19/h7-12,20,22H,6,13-14H2,1-5H3,(H,24,25). The first-order chi connectivity index (χ1) is 11.8. The highest BCUT2D eigenvalue weighted by Crippen LogP contribution is 2.30. The van der Waals surface area contributed by atoms with Crippen molar-refractivity contribution in [3.63, 3.8) is 0 Å². The van der Waals surface area contributed by atoms with Gasteiger partial charge in [0, 0.05) is 0 Å². The molecule has 25 heavy (non-hydrogen) atoms. The van der Waals surface area contributed by atoms with Crippen LogP contribution < -0.4 is 0 Å². The van der Waals surface area contributed by atoms with Crippen molar-refractivity contribution in [3.8, 4) is 0 Å². The fourth-order valence-electron chi connectivity index (χ4n) is 3.39.